The molecule has 0 radical (unpaired) electrons. The van der Waals surface area contributed by atoms with Gasteiger partial charge < -0.3 is 0 Å². The zero-order chi connectivity index (χ0) is 7.49. The van der Waals surface area contributed by atoms with Crippen LogP contribution in [0.1, 0.15) is 20.8 Å². The molecule has 0 aliphatic heterocycles. The van der Waals surface area contributed by atoms with Gasteiger partial charge in [0.25, 0.3) is 0 Å². The van der Waals surface area contributed by atoms with Gasteiger partial charge in [0.2, 0.25) is 0 Å². The molecular weight excluding hydrogens is 154 g/mol. The smallest absolute Gasteiger partial charge is 0.158 e. The Balaban J connectivity index is 3.95. The number of hydrogen-bond donors (Lipinski definition) is 0. The summed E-state index contributed by atoms with van der Waals surface area (Å²) >= 11 is 7.13. The summed E-state index contributed by atoms with van der Waals surface area (Å²) in [6.07, 6.45) is 1.91. The molecule has 1 nitrogen and oxygen atoms in total. The Bertz CT molecular complexity index is 115. The third-order valence-corrected chi connectivity index (χ3v) is 1.57. The van der Waals surface area contributed by atoms with Crippen molar-refractivity contribution in [3.05, 3.63) is 0 Å². The van der Waals surface area contributed by atoms with Crippen molar-refractivity contribution < 1.29 is 0 Å². The maximum Gasteiger partial charge on any atom is 0.158 e. The average Bonchev–Trinajstić information content (AvgIpc) is 1.62. The Morgan fingerprint density at radius 2 is 1.89 bits per heavy atom. The Kier molecular flexibility index (Phi) is 3.59. The standard InChI is InChI=1S/C6H12ClNS/c1-6(2,3)8-5(7)9-4/h1-4H3. The van der Waals surface area contributed by atoms with Gasteiger partial charge in [0, 0.05) is 0 Å². The monoisotopic (exact) mass is 165 g/mol. The van der Waals surface area contributed by atoms with Crippen LogP contribution in [-0.2, 0) is 0 Å². The Morgan fingerprint density at radius 1 is 1.44 bits per heavy atom. The zero-order valence-electron chi connectivity index (χ0n) is 6.23. The van der Waals surface area contributed by atoms with E-state index in [0.717, 1.165) is 0 Å². The fourth-order valence-electron chi connectivity index (χ4n) is 0.309. The second-order valence-electron chi connectivity index (χ2n) is 2.74. The maximum atomic E-state index is 5.66. The van der Waals surface area contributed by atoms with E-state index in [4.69, 9.17) is 11.6 Å². The second-order valence-corrected chi connectivity index (χ2v) is 4.12. The van der Waals surface area contributed by atoms with E-state index in [1.807, 2.05) is 27.0 Å². The number of rotatable bonds is 0. The normalized spacial score (nSPS) is 14.1. The van der Waals surface area contributed by atoms with Gasteiger partial charge in [-0.1, -0.05) is 23.4 Å². The van der Waals surface area contributed by atoms with Crippen LogP contribution in [-0.4, -0.2) is 16.3 Å². The molecule has 0 N–H and O–H groups in total. The number of aliphatic imine (C=N–C) groups is 1. The zero-order valence-corrected chi connectivity index (χ0v) is 7.81. The van der Waals surface area contributed by atoms with E-state index in [2.05, 4.69) is 4.99 Å². The molecule has 9 heavy (non-hydrogen) atoms. The molecule has 0 rings (SSSR count). The maximum absolute atomic E-state index is 5.66. The van der Waals surface area contributed by atoms with E-state index in [1.54, 1.807) is 0 Å². The van der Waals surface area contributed by atoms with Gasteiger partial charge in [-0.15, -0.1) is 0 Å². The first-order valence-corrected chi connectivity index (χ1v) is 4.35. The molecule has 0 bridgehead atoms. The molecule has 0 atom stereocenters. The summed E-state index contributed by atoms with van der Waals surface area (Å²) in [6.45, 7) is 6.06. The number of hydrogen-bond acceptors (Lipinski definition) is 2. The quantitative estimate of drug-likeness (QED) is 0.397. The van der Waals surface area contributed by atoms with Gasteiger partial charge in [-0.2, -0.15) is 0 Å². The minimum Gasteiger partial charge on any atom is -0.261 e. The van der Waals surface area contributed by atoms with Gasteiger partial charge in [-0.3, -0.25) is 4.99 Å². The molecule has 0 aromatic rings. The molecule has 0 saturated heterocycles. The fraction of sp³-hybridized carbons (Fsp3) is 0.833. The molecule has 0 fully saturated rings. The van der Waals surface area contributed by atoms with Gasteiger partial charge >= 0.3 is 0 Å². The van der Waals surface area contributed by atoms with Crippen LogP contribution in [0.15, 0.2) is 4.99 Å². The summed E-state index contributed by atoms with van der Waals surface area (Å²) in [5.41, 5.74) is -0.0416. The van der Waals surface area contributed by atoms with Gasteiger partial charge in [0.1, 0.15) is 0 Å². The van der Waals surface area contributed by atoms with Crippen LogP contribution in [0, 0.1) is 0 Å². The molecule has 0 aromatic carbocycles. The van der Waals surface area contributed by atoms with E-state index in [0.29, 0.717) is 4.50 Å². The highest BCUT2D eigenvalue weighted by Crippen LogP contribution is 2.12. The molecule has 0 saturated carbocycles. The SMILES string of the molecule is CSC(Cl)=NC(C)(C)C. The van der Waals surface area contributed by atoms with Crippen molar-refractivity contribution in [1.29, 1.82) is 0 Å². The van der Waals surface area contributed by atoms with E-state index in [-0.39, 0.29) is 5.54 Å². The Labute approximate surface area is 65.9 Å². The number of nitrogens with zero attached hydrogens (tertiary/aromatic N) is 1. The summed E-state index contributed by atoms with van der Waals surface area (Å²) in [4.78, 5) is 4.17. The highest BCUT2D eigenvalue weighted by molar-refractivity contribution is 8.16. The predicted octanol–water partition coefficient (Wildman–Crippen LogP) is 2.74. The van der Waals surface area contributed by atoms with E-state index in [9.17, 15) is 0 Å². The lowest BCUT2D eigenvalue weighted by Crippen LogP contribution is -2.10. The van der Waals surface area contributed by atoms with Crippen molar-refractivity contribution in [2.75, 3.05) is 6.26 Å². The lowest BCUT2D eigenvalue weighted by Gasteiger charge is -2.11. The summed E-state index contributed by atoms with van der Waals surface area (Å²) in [6, 6.07) is 0. The summed E-state index contributed by atoms with van der Waals surface area (Å²) in [5.74, 6) is 0. The van der Waals surface area contributed by atoms with Gasteiger partial charge in [-0.05, 0) is 27.0 Å². The van der Waals surface area contributed by atoms with Gasteiger partial charge in [0.15, 0.2) is 4.50 Å². The highest BCUT2D eigenvalue weighted by atomic mass is 35.5. The van der Waals surface area contributed by atoms with E-state index < -0.39 is 0 Å². The molecule has 0 unspecified atom stereocenters. The van der Waals surface area contributed by atoms with Crippen molar-refractivity contribution in [1.82, 2.24) is 0 Å². The predicted molar refractivity (Wildman–Crippen MR) is 46.6 cm³/mol. The van der Waals surface area contributed by atoms with Crippen LogP contribution >= 0.6 is 23.4 Å². The molecule has 0 aliphatic carbocycles. The molecule has 54 valence electrons. The Morgan fingerprint density at radius 3 is 2.00 bits per heavy atom. The van der Waals surface area contributed by atoms with Crippen molar-refractivity contribution in [2.24, 2.45) is 4.99 Å². The number of halogens is 1. The summed E-state index contributed by atoms with van der Waals surface area (Å²) in [7, 11) is 0. The summed E-state index contributed by atoms with van der Waals surface area (Å²) in [5, 5.41) is 0. The van der Waals surface area contributed by atoms with Crippen LogP contribution in [0.2, 0.25) is 0 Å². The number of thioether (sulfide) groups is 1. The molecule has 0 aromatic heterocycles. The summed E-state index contributed by atoms with van der Waals surface area (Å²) < 4.78 is 0.627. The van der Waals surface area contributed by atoms with Gasteiger partial charge in [0.05, 0.1) is 5.54 Å². The van der Waals surface area contributed by atoms with E-state index >= 15 is 0 Å². The van der Waals surface area contributed by atoms with Crippen LogP contribution in [0.4, 0.5) is 0 Å². The lowest BCUT2D eigenvalue weighted by molar-refractivity contribution is 0.587. The third-order valence-electron chi connectivity index (χ3n) is 0.592. The first-order chi connectivity index (χ1) is 3.95. The minimum absolute atomic E-state index is 0.0416. The average molecular weight is 166 g/mol. The molecule has 0 aliphatic rings. The first kappa shape index (κ1) is 9.31. The van der Waals surface area contributed by atoms with Crippen molar-refractivity contribution in [3.8, 4) is 0 Å². The lowest BCUT2D eigenvalue weighted by atomic mass is 10.1. The van der Waals surface area contributed by atoms with E-state index in [1.165, 1.54) is 11.8 Å². The molecular formula is C6H12ClNS. The van der Waals surface area contributed by atoms with Crippen LogP contribution in [0.3, 0.4) is 0 Å². The van der Waals surface area contributed by atoms with Crippen LogP contribution in [0.25, 0.3) is 0 Å². The molecule has 0 heterocycles. The van der Waals surface area contributed by atoms with Crippen LogP contribution < -0.4 is 0 Å². The second kappa shape index (κ2) is 3.47. The fourth-order valence-corrected chi connectivity index (χ4v) is 0.928. The van der Waals surface area contributed by atoms with Crippen LogP contribution in [0.5, 0.6) is 0 Å². The largest absolute Gasteiger partial charge is 0.261 e. The van der Waals surface area contributed by atoms with Crippen molar-refractivity contribution in [3.63, 3.8) is 0 Å². The van der Waals surface area contributed by atoms with Crippen molar-refractivity contribution >= 4 is 27.9 Å². The minimum atomic E-state index is -0.0416. The first-order valence-electron chi connectivity index (χ1n) is 2.75. The molecule has 0 spiro atoms. The molecule has 3 heteroatoms. The Hall–Kier alpha value is 0.310. The van der Waals surface area contributed by atoms with Crippen molar-refractivity contribution in [2.45, 2.75) is 26.3 Å². The molecule has 0 amide bonds. The van der Waals surface area contributed by atoms with Gasteiger partial charge in [-0.25, -0.2) is 0 Å². The highest BCUT2D eigenvalue weighted by Gasteiger charge is 2.07. The third kappa shape index (κ3) is 6.19. The topological polar surface area (TPSA) is 12.4 Å².